The highest BCUT2D eigenvalue weighted by molar-refractivity contribution is 6.35. The second kappa shape index (κ2) is 5.61. The molecule has 0 bridgehead atoms. The monoisotopic (exact) mass is 298 g/mol. The molecule has 4 heteroatoms. The maximum Gasteiger partial charge on any atom is 0.0465 e. The Labute approximate surface area is 125 Å². The molecule has 0 aliphatic carbocycles. The number of benzene rings is 1. The zero-order valence-electron chi connectivity index (χ0n) is 11.3. The van der Waals surface area contributed by atoms with Crippen LogP contribution in [0.15, 0.2) is 18.2 Å². The molecule has 104 valence electrons. The van der Waals surface area contributed by atoms with E-state index < -0.39 is 0 Å². The maximum atomic E-state index is 6.29. The van der Waals surface area contributed by atoms with Crippen LogP contribution in [0.25, 0.3) is 0 Å². The van der Waals surface area contributed by atoms with Gasteiger partial charge in [-0.25, -0.2) is 0 Å². The highest BCUT2D eigenvalue weighted by atomic mass is 35.5. The number of rotatable bonds is 2. The molecule has 2 fully saturated rings. The second-order valence-corrected chi connectivity index (χ2v) is 6.54. The van der Waals surface area contributed by atoms with Crippen molar-refractivity contribution in [3.63, 3.8) is 0 Å². The molecule has 2 nitrogen and oxygen atoms in total. The fraction of sp³-hybridized carbons (Fsp3) is 0.600. The predicted octanol–water partition coefficient (Wildman–Crippen LogP) is 3.66. The lowest BCUT2D eigenvalue weighted by atomic mass is 10.0. The van der Waals surface area contributed by atoms with Crippen LogP contribution in [0, 0.1) is 0 Å². The van der Waals surface area contributed by atoms with Gasteiger partial charge in [0.15, 0.2) is 0 Å². The summed E-state index contributed by atoms with van der Waals surface area (Å²) in [5, 5.41) is 1.50. The first-order chi connectivity index (χ1) is 9.15. The normalized spacial score (nSPS) is 28.6. The van der Waals surface area contributed by atoms with E-state index in [1.807, 2.05) is 12.1 Å². The zero-order valence-corrected chi connectivity index (χ0v) is 12.8. The molecule has 0 spiro atoms. The Balaban J connectivity index is 1.72. The summed E-state index contributed by atoms with van der Waals surface area (Å²) in [4.78, 5) is 5.20. The number of hydrogen-bond donors (Lipinski definition) is 0. The van der Waals surface area contributed by atoms with Crippen LogP contribution in [0.4, 0.5) is 0 Å². The Morgan fingerprint density at radius 1 is 1.21 bits per heavy atom. The van der Waals surface area contributed by atoms with E-state index in [0.717, 1.165) is 24.2 Å². The first-order valence-corrected chi connectivity index (χ1v) is 7.83. The molecule has 2 atom stereocenters. The Bertz CT molecular complexity index is 463. The van der Waals surface area contributed by atoms with Crippen LogP contribution < -0.4 is 0 Å². The molecule has 1 aromatic rings. The summed E-state index contributed by atoms with van der Waals surface area (Å²) in [6, 6.07) is 7.18. The molecule has 19 heavy (non-hydrogen) atoms. The van der Waals surface area contributed by atoms with Gasteiger partial charge in [0.1, 0.15) is 0 Å². The lowest BCUT2D eigenvalue weighted by Gasteiger charge is -2.43. The molecule has 2 saturated heterocycles. The third-order valence-corrected chi connectivity index (χ3v) is 5.20. The summed E-state index contributed by atoms with van der Waals surface area (Å²) in [5.41, 5.74) is 1.18. The summed E-state index contributed by atoms with van der Waals surface area (Å²) in [6.07, 6.45) is 2.69. The average molecular weight is 299 g/mol. The summed E-state index contributed by atoms with van der Waals surface area (Å²) >= 11 is 12.2. The van der Waals surface area contributed by atoms with E-state index in [-0.39, 0.29) is 0 Å². The van der Waals surface area contributed by atoms with E-state index in [4.69, 9.17) is 23.2 Å². The van der Waals surface area contributed by atoms with E-state index in [1.54, 1.807) is 0 Å². The van der Waals surface area contributed by atoms with Crippen molar-refractivity contribution in [3.05, 3.63) is 33.8 Å². The predicted molar refractivity (Wildman–Crippen MR) is 80.9 cm³/mol. The minimum absolute atomic E-state index is 0.614. The van der Waals surface area contributed by atoms with Gasteiger partial charge in [-0.15, -0.1) is 0 Å². The van der Waals surface area contributed by atoms with Gasteiger partial charge in [-0.2, -0.15) is 0 Å². The van der Waals surface area contributed by atoms with Gasteiger partial charge in [0.25, 0.3) is 0 Å². The summed E-state index contributed by atoms with van der Waals surface area (Å²) in [5.74, 6) is 0. The number of halogens is 2. The van der Waals surface area contributed by atoms with Crippen LogP contribution in [0.1, 0.15) is 25.3 Å². The molecule has 0 saturated carbocycles. The SMILES string of the molecule is C[C@H]1[C@H]2CCCN2CCN1Cc1ccc(Cl)cc1Cl. The van der Waals surface area contributed by atoms with Crippen molar-refractivity contribution in [2.45, 2.75) is 38.4 Å². The highest BCUT2D eigenvalue weighted by Crippen LogP contribution is 2.29. The molecule has 0 radical (unpaired) electrons. The van der Waals surface area contributed by atoms with Crippen molar-refractivity contribution >= 4 is 23.2 Å². The molecule has 2 aliphatic heterocycles. The third-order valence-electron chi connectivity index (χ3n) is 4.61. The van der Waals surface area contributed by atoms with Gasteiger partial charge in [0, 0.05) is 41.8 Å². The van der Waals surface area contributed by atoms with Gasteiger partial charge in [-0.05, 0) is 44.0 Å². The second-order valence-electron chi connectivity index (χ2n) is 5.69. The molecular weight excluding hydrogens is 279 g/mol. The molecule has 0 N–H and O–H groups in total. The number of fused-ring (bicyclic) bond motifs is 1. The van der Waals surface area contributed by atoms with Crippen molar-refractivity contribution < 1.29 is 0 Å². The van der Waals surface area contributed by atoms with Gasteiger partial charge < -0.3 is 0 Å². The highest BCUT2D eigenvalue weighted by Gasteiger charge is 2.36. The van der Waals surface area contributed by atoms with Crippen LogP contribution in [0.2, 0.25) is 10.0 Å². The van der Waals surface area contributed by atoms with Crippen LogP contribution >= 0.6 is 23.2 Å². The number of hydrogen-bond acceptors (Lipinski definition) is 2. The van der Waals surface area contributed by atoms with Gasteiger partial charge in [0.05, 0.1) is 0 Å². The molecule has 0 unspecified atom stereocenters. The smallest absolute Gasteiger partial charge is 0.0465 e. The van der Waals surface area contributed by atoms with E-state index in [2.05, 4.69) is 22.8 Å². The lowest BCUT2D eigenvalue weighted by Crippen LogP contribution is -2.55. The fourth-order valence-electron chi connectivity index (χ4n) is 3.47. The number of nitrogens with zero attached hydrogens (tertiary/aromatic N) is 2. The third kappa shape index (κ3) is 2.78. The van der Waals surface area contributed by atoms with Crippen molar-refractivity contribution in [3.8, 4) is 0 Å². The Morgan fingerprint density at radius 2 is 2.05 bits per heavy atom. The Kier molecular flexibility index (Phi) is 4.04. The molecular formula is C15H20Cl2N2. The molecule has 0 aromatic heterocycles. The van der Waals surface area contributed by atoms with Crippen molar-refractivity contribution in [2.75, 3.05) is 19.6 Å². The Hall–Kier alpha value is -0.280. The first kappa shape index (κ1) is 13.7. The maximum absolute atomic E-state index is 6.29. The average Bonchev–Trinajstić information content (AvgIpc) is 2.85. The van der Waals surface area contributed by atoms with Crippen LogP contribution in [-0.4, -0.2) is 41.5 Å². The van der Waals surface area contributed by atoms with Crippen molar-refractivity contribution in [1.29, 1.82) is 0 Å². The van der Waals surface area contributed by atoms with Crippen molar-refractivity contribution in [2.24, 2.45) is 0 Å². The van der Waals surface area contributed by atoms with Crippen LogP contribution in [0.5, 0.6) is 0 Å². The number of piperazine rings is 1. The van der Waals surface area contributed by atoms with Gasteiger partial charge in [-0.1, -0.05) is 29.3 Å². The minimum atomic E-state index is 0.614. The quantitative estimate of drug-likeness (QED) is 0.822. The van der Waals surface area contributed by atoms with Crippen molar-refractivity contribution in [1.82, 2.24) is 9.80 Å². The molecule has 1 aromatic carbocycles. The Morgan fingerprint density at radius 3 is 2.84 bits per heavy atom. The van der Waals surface area contributed by atoms with Gasteiger partial charge >= 0.3 is 0 Å². The molecule has 0 amide bonds. The summed E-state index contributed by atoms with van der Waals surface area (Å²) < 4.78 is 0. The van der Waals surface area contributed by atoms with E-state index in [0.29, 0.717) is 11.1 Å². The van der Waals surface area contributed by atoms with E-state index >= 15 is 0 Å². The fourth-order valence-corrected chi connectivity index (χ4v) is 3.94. The molecule has 2 aliphatic rings. The van der Waals surface area contributed by atoms with Gasteiger partial charge in [-0.3, -0.25) is 9.80 Å². The standard InChI is InChI=1S/C15H20Cl2N2/c1-11-15-3-2-6-18(15)7-8-19(11)10-12-4-5-13(16)9-14(12)17/h4-5,9,11,15H,2-3,6-8,10H2,1H3/t11-,15+/m0/s1. The van der Waals surface area contributed by atoms with E-state index in [9.17, 15) is 0 Å². The van der Waals surface area contributed by atoms with Crippen LogP contribution in [0.3, 0.4) is 0 Å². The van der Waals surface area contributed by atoms with E-state index in [1.165, 1.54) is 31.5 Å². The minimum Gasteiger partial charge on any atom is -0.298 e. The topological polar surface area (TPSA) is 6.48 Å². The van der Waals surface area contributed by atoms with Gasteiger partial charge in [0.2, 0.25) is 0 Å². The lowest BCUT2D eigenvalue weighted by molar-refractivity contribution is 0.0470. The largest absolute Gasteiger partial charge is 0.298 e. The molecule has 2 heterocycles. The summed E-state index contributed by atoms with van der Waals surface area (Å²) in [7, 11) is 0. The molecule has 3 rings (SSSR count). The zero-order chi connectivity index (χ0) is 13.4. The first-order valence-electron chi connectivity index (χ1n) is 7.07. The van der Waals surface area contributed by atoms with Crippen LogP contribution in [-0.2, 0) is 6.54 Å². The summed E-state index contributed by atoms with van der Waals surface area (Å²) in [6.45, 7) is 6.90.